The van der Waals surface area contributed by atoms with Gasteiger partial charge >= 0.3 is 0 Å². The van der Waals surface area contributed by atoms with Gasteiger partial charge in [-0.25, -0.2) is 0 Å². The summed E-state index contributed by atoms with van der Waals surface area (Å²) >= 11 is 0. The van der Waals surface area contributed by atoms with Gasteiger partial charge in [-0.2, -0.15) is 4.98 Å². The van der Waals surface area contributed by atoms with Crippen molar-refractivity contribution in [2.24, 2.45) is 5.73 Å². The van der Waals surface area contributed by atoms with E-state index in [1.807, 2.05) is 31.2 Å². The smallest absolute Gasteiger partial charge is 0.271 e. The molecule has 2 heterocycles. The number of nitrogens with zero attached hydrogens (tertiary/aromatic N) is 2. The van der Waals surface area contributed by atoms with Gasteiger partial charge in [-0.15, -0.1) is 0 Å². The molecule has 2 aromatic rings. The van der Waals surface area contributed by atoms with Gasteiger partial charge in [0.1, 0.15) is 6.61 Å². The van der Waals surface area contributed by atoms with Gasteiger partial charge in [0, 0.05) is 12.5 Å². The highest BCUT2D eigenvalue weighted by Crippen LogP contribution is 2.35. The summed E-state index contributed by atoms with van der Waals surface area (Å²) in [5, 5.41) is 3.92. The van der Waals surface area contributed by atoms with E-state index in [-0.39, 0.29) is 12.0 Å². The predicted octanol–water partition coefficient (Wildman–Crippen LogP) is 1.64. The highest BCUT2D eigenvalue weighted by Gasteiger charge is 2.28. The van der Waals surface area contributed by atoms with Crippen molar-refractivity contribution >= 4 is 0 Å². The largest absolute Gasteiger partial charge is 0.485 e. The van der Waals surface area contributed by atoms with E-state index < -0.39 is 0 Å². The van der Waals surface area contributed by atoms with Crippen molar-refractivity contribution in [3.8, 4) is 11.5 Å². The Labute approximate surface area is 110 Å². The minimum atomic E-state index is -0.374. The Balaban J connectivity index is 1.79. The lowest BCUT2D eigenvalue weighted by Gasteiger charge is -2.23. The summed E-state index contributed by atoms with van der Waals surface area (Å²) in [7, 11) is 0. The van der Waals surface area contributed by atoms with Crippen molar-refractivity contribution < 1.29 is 14.0 Å². The summed E-state index contributed by atoms with van der Waals surface area (Å²) in [6, 6.07) is 7.50. The molecular formula is C13H15N3O3. The topological polar surface area (TPSA) is 83.4 Å². The number of nitrogens with two attached hydrogens (primary N) is 1. The first kappa shape index (κ1) is 12.0. The molecule has 19 heavy (non-hydrogen) atoms. The summed E-state index contributed by atoms with van der Waals surface area (Å²) in [6.45, 7) is 2.78. The van der Waals surface area contributed by atoms with Crippen LogP contribution in [0, 0.1) is 0 Å². The number of hydrogen-bond acceptors (Lipinski definition) is 6. The second-order valence-electron chi connectivity index (χ2n) is 4.49. The Morgan fingerprint density at radius 3 is 2.95 bits per heavy atom. The Bertz CT molecular complexity index is 570. The zero-order valence-electron chi connectivity index (χ0n) is 10.6. The highest BCUT2D eigenvalue weighted by atomic mass is 16.6. The van der Waals surface area contributed by atoms with Gasteiger partial charge in [0.05, 0.1) is 0 Å². The van der Waals surface area contributed by atoms with Gasteiger partial charge in [-0.3, -0.25) is 0 Å². The Kier molecular flexibility index (Phi) is 3.08. The van der Waals surface area contributed by atoms with E-state index >= 15 is 0 Å². The molecule has 1 aliphatic heterocycles. The minimum absolute atomic E-state index is 0.0642. The van der Waals surface area contributed by atoms with Gasteiger partial charge < -0.3 is 19.7 Å². The molecule has 0 radical (unpaired) electrons. The number of aromatic nitrogens is 2. The van der Waals surface area contributed by atoms with Gasteiger partial charge in [0.15, 0.2) is 17.3 Å². The van der Waals surface area contributed by atoms with Crippen LogP contribution in [0.1, 0.15) is 30.7 Å². The molecule has 0 saturated carbocycles. The first-order valence-electron chi connectivity index (χ1n) is 6.20. The second-order valence-corrected chi connectivity index (χ2v) is 4.49. The maximum absolute atomic E-state index is 5.79. The van der Waals surface area contributed by atoms with E-state index in [0.717, 1.165) is 5.75 Å². The van der Waals surface area contributed by atoms with Crippen LogP contribution in [-0.4, -0.2) is 23.3 Å². The molecule has 2 atom stereocenters. The molecule has 100 valence electrons. The van der Waals surface area contributed by atoms with E-state index in [4.69, 9.17) is 19.7 Å². The predicted molar refractivity (Wildman–Crippen MR) is 67.1 cm³/mol. The van der Waals surface area contributed by atoms with Crippen LogP contribution in [0.3, 0.4) is 0 Å². The summed E-state index contributed by atoms with van der Waals surface area (Å²) in [4.78, 5) is 4.31. The third-order valence-corrected chi connectivity index (χ3v) is 3.04. The first-order valence-corrected chi connectivity index (χ1v) is 6.20. The number of hydrogen-bond donors (Lipinski definition) is 1. The number of benzene rings is 1. The van der Waals surface area contributed by atoms with Crippen LogP contribution < -0.4 is 15.2 Å². The molecule has 0 amide bonds. The van der Waals surface area contributed by atoms with Gasteiger partial charge in [0.25, 0.3) is 5.89 Å². The van der Waals surface area contributed by atoms with Crippen LogP contribution in [0.5, 0.6) is 11.5 Å². The Hall–Kier alpha value is -2.08. The van der Waals surface area contributed by atoms with Gasteiger partial charge in [0.2, 0.25) is 6.10 Å². The molecule has 3 rings (SSSR count). The Morgan fingerprint density at radius 2 is 2.16 bits per heavy atom. The van der Waals surface area contributed by atoms with Crippen LogP contribution in [0.2, 0.25) is 0 Å². The normalized spacial score (nSPS) is 19.2. The third kappa shape index (κ3) is 2.26. The summed E-state index contributed by atoms with van der Waals surface area (Å²) < 4.78 is 16.6. The average molecular weight is 261 g/mol. The number of para-hydroxylation sites is 2. The molecule has 6 nitrogen and oxygen atoms in total. The van der Waals surface area contributed by atoms with Crippen molar-refractivity contribution in [3.63, 3.8) is 0 Å². The second kappa shape index (κ2) is 4.89. The fourth-order valence-corrected chi connectivity index (χ4v) is 1.82. The lowest BCUT2D eigenvalue weighted by atomic mass is 10.2. The molecular weight excluding hydrogens is 246 g/mol. The average Bonchev–Trinajstić information content (AvgIpc) is 2.95. The zero-order chi connectivity index (χ0) is 13.2. The SMILES string of the molecule is CC(CN)c1noc(C2COc3ccccc3O2)n1. The van der Waals surface area contributed by atoms with E-state index in [2.05, 4.69) is 10.1 Å². The molecule has 1 aliphatic rings. The third-order valence-electron chi connectivity index (χ3n) is 3.04. The van der Waals surface area contributed by atoms with Crippen molar-refractivity contribution in [2.45, 2.75) is 18.9 Å². The maximum atomic E-state index is 5.79. The fraction of sp³-hybridized carbons (Fsp3) is 0.385. The van der Waals surface area contributed by atoms with Crippen LogP contribution in [0.25, 0.3) is 0 Å². The van der Waals surface area contributed by atoms with Crippen LogP contribution in [0.4, 0.5) is 0 Å². The lowest BCUT2D eigenvalue weighted by Crippen LogP contribution is -2.22. The van der Waals surface area contributed by atoms with E-state index in [1.165, 1.54) is 0 Å². The summed E-state index contributed by atoms with van der Waals surface area (Å²) in [5.74, 6) is 2.50. The monoisotopic (exact) mass is 261 g/mol. The molecule has 0 bridgehead atoms. The number of ether oxygens (including phenoxy) is 2. The van der Waals surface area contributed by atoms with Crippen molar-refractivity contribution in [1.82, 2.24) is 10.1 Å². The van der Waals surface area contributed by atoms with E-state index in [1.54, 1.807) is 0 Å². The van der Waals surface area contributed by atoms with E-state index in [9.17, 15) is 0 Å². The Morgan fingerprint density at radius 1 is 1.37 bits per heavy atom. The van der Waals surface area contributed by atoms with E-state index in [0.29, 0.717) is 30.6 Å². The fourth-order valence-electron chi connectivity index (χ4n) is 1.82. The lowest BCUT2D eigenvalue weighted by molar-refractivity contribution is 0.0665. The first-order chi connectivity index (χ1) is 9.28. The van der Waals surface area contributed by atoms with Crippen molar-refractivity contribution in [3.05, 3.63) is 36.0 Å². The van der Waals surface area contributed by atoms with Gasteiger partial charge in [-0.1, -0.05) is 24.2 Å². The summed E-state index contributed by atoms with van der Waals surface area (Å²) in [6.07, 6.45) is -0.374. The van der Waals surface area contributed by atoms with Crippen molar-refractivity contribution in [1.29, 1.82) is 0 Å². The van der Waals surface area contributed by atoms with Crippen molar-refractivity contribution in [2.75, 3.05) is 13.2 Å². The number of fused-ring (bicyclic) bond motifs is 1. The van der Waals surface area contributed by atoms with Gasteiger partial charge in [-0.05, 0) is 12.1 Å². The molecule has 0 saturated heterocycles. The molecule has 0 spiro atoms. The van der Waals surface area contributed by atoms with Crippen LogP contribution in [0.15, 0.2) is 28.8 Å². The molecule has 0 aliphatic carbocycles. The molecule has 1 aromatic heterocycles. The van der Waals surface area contributed by atoms with Crippen LogP contribution in [-0.2, 0) is 0 Å². The zero-order valence-corrected chi connectivity index (χ0v) is 10.6. The summed E-state index contributed by atoms with van der Waals surface area (Å²) in [5.41, 5.74) is 5.58. The molecule has 2 unspecified atom stereocenters. The maximum Gasteiger partial charge on any atom is 0.271 e. The molecule has 0 fully saturated rings. The standard InChI is InChI=1S/C13H15N3O3/c1-8(6-14)12-15-13(19-16-12)11-7-17-9-4-2-3-5-10(9)18-11/h2-5,8,11H,6-7,14H2,1H3. The highest BCUT2D eigenvalue weighted by molar-refractivity contribution is 5.40. The molecule has 1 aromatic carbocycles. The minimum Gasteiger partial charge on any atom is -0.485 e. The molecule has 6 heteroatoms. The number of rotatable bonds is 3. The quantitative estimate of drug-likeness (QED) is 0.904. The molecule has 2 N–H and O–H groups in total. The van der Waals surface area contributed by atoms with Crippen LogP contribution >= 0.6 is 0 Å².